The number of hydrogen-bond acceptors (Lipinski definition) is 2. The molecule has 0 saturated carbocycles. The van der Waals surface area contributed by atoms with E-state index < -0.39 is 6.36 Å². The molecule has 2 aromatic rings. The Morgan fingerprint density at radius 1 is 1.14 bits per heavy atom. The average Bonchev–Trinajstić information content (AvgIpc) is 2.37. The van der Waals surface area contributed by atoms with Gasteiger partial charge in [0, 0.05) is 10.6 Å². The van der Waals surface area contributed by atoms with Crippen molar-refractivity contribution in [3.8, 4) is 22.9 Å². The summed E-state index contributed by atoms with van der Waals surface area (Å²) in [5, 5.41) is 9.06. The SMILES string of the molecule is N#CCc1cc(Cl)cc(-c2ccccc2OC(F)(F)F)c1. The molecule has 0 atom stereocenters. The zero-order valence-corrected chi connectivity index (χ0v) is 11.4. The van der Waals surface area contributed by atoms with E-state index in [0.717, 1.165) is 0 Å². The Kier molecular flexibility index (Phi) is 4.39. The lowest BCUT2D eigenvalue weighted by molar-refractivity contribution is -0.274. The van der Waals surface area contributed by atoms with Crippen LogP contribution in [0, 0.1) is 11.3 Å². The maximum Gasteiger partial charge on any atom is 0.573 e. The normalized spacial score (nSPS) is 11.0. The molecule has 0 spiro atoms. The molecule has 0 N–H and O–H groups in total. The van der Waals surface area contributed by atoms with Crippen LogP contribution in [0.5, 0.6) is 5.75 Å². The largest absolute Gasteiger partial charge is 0.573 e. The summed E-state index contributed by atoms with van der Waals surface area (Å²) < 4.78 is 41.3. The molecule has 0 bridgehead atoms. The Bertz CT molecular complexity index is 692. The van der Waals surface area contributed by atoms with Crippen LogP contribution in [0.2, 0.25) is 5.02 Å². The molecule has 21 heavy (non-hydrogen) atoms. The topological polar surface area (TPSA) is 33.0 Å². The molecule has 108 valence electrons. The van der Waals surface area contributed by atoms with Gasteiger partial charge in [-0.15, -0.1) is 13.2 Å². The van der Waals surface area contributed by atoms with E-state index in [4.69, 9.17) is 16.9 Å². The summed E-state index contributed by atoms with van der Waals surface area (Å²) >= 11 is 5.95. The Hall–Kier alpha value is -2.19. The summed E-state index contributed by atoms with van der Waals surface area (Å²) in [6.07, 6.45) is -4.65. The molecule has 0 aliphatic carbocycles. The van der Waals surface area contributed by atoms with Gasteiger partial charge in [-0.2, -0.15) is 5.26 Å². The lowest BCUT2D eigenvalue weighted by Crippen LogP contribution is -2.17. The van der Waals surface area contributed by atoms with Crippen molar-refractivity contribution in [3.63, 3.8) is 0 Å². The number of nitrogens with zero attached hydrogens (tertiary/aromatic N) is 1. The van der Waals surface area contributed by atoms with Gasteiger partial charge in [-0.1, -0.05) is 29.8 Å². The quantitative estimate of drug-likeness (QED) is 0.801. The number of halogens is 4. The van der Waals surface area contributed by atoms with E-state index in [1.165, 1.54) is 24.3 Å². The van der Waals surface area contributed by atoms with Crippen molar-refractivity contribution in [2.24, 2.45) is 0 Å². The molecule has 0 unspecified atom stereocenters. The maximum absolute atomic E-state index is 12.4. The van der Waals surface area contributed by atoms with Crippen LogP contribution >= 0.6 is 11.6 Å². The van der Waals surface area contributed by atoms with Crippen molar-refractivity contribution >= 4 is 11.6 Å². The van der Waals surface area contributed by atoms with E-state index in [1.807, 2.05) is 6.07 Å². The monoisotopic (exact) mass is 311 g/mol. The molecule has 2 nitrogen and oxygen atoms in total. The molecular formula is C15H9ClF3NO. The third kappa shape index (κ3) is 4.14. The second-order valence-corrected chi connectivity index (χ2v) is 4.66. The highest BCUT2D eigenvalue weighted by atomic mass is 35.5. The van der Waals surface area contributed by atoms with Gasteiger partial charge < -0.3 is 4.74 Å². The maximum atomic E-state index is 12.4. The van der Waals surface area contributed by atoms with Crippen LogP contribution in [-0.2, 0) is 6.42 Å². The van der Waals surface area contributed by atoms with E-state index in [0.29, 0.717) is 16.1 Å². The van der Waals surface area contributed by atoms with Crippen LogP contribution in [-0.4, -0.2) is 6.36 Å². The molecule has 6 heteroatoms. The summed E-state index contributed by atoms with van der Waals surface area (Å²) in [7, 11) is 0. The van der Waals surface area contributed by atoms with Crippen LogP contribution < -0.4 is 4.74 Å². The Morgan fingerprint density at radius 2 is 1.86 bits per heavy atom. The van der Waals surface area contributed by atoms with E-state index in [1.54, 1.807) is 18.2 Å². The fourth-order valence-electron chi connectivity index (χ4n) is 1.92. The van der Waals surface area contributed by atoms with Gasteiger partial charge in [0.15, 0.2) is 0 Å². The second kappa shape index (κ2) is 6.06. The minimum atomic E-state index is -4.77. The first-order valence-corrected chi connectivity index (χ1v) is 6.28. The zero-order valence-electron chi connectivity index (χ0n) is 10.6. The molecule has 2 aromatic carbocycles. The number of benzene rings is 2. The minimum absolute atomic E-state index is 0.121. The van der Waals surface area contributed by atoms with Gasteiger partial charge >= 0.3 is 6.36 Å². The van der Waals surface area contributed by atoms with Crippen molar-refractivity contribution in [2.45, 2.75) is 12.8 Å². The molecule has 2 rings (SSSR count). The van der Waals surface area contributed by atoms with Crippen LogP contribution in [0.25, 0.3) is 11.1 Å². The molecule has 0 saturated heterocycles. The van der Waals surface area contributed by atoms with Gasteiger partial charge in [0.05, 0.1) is 12.5 Å². The number of alkyl halides is 3. The van der Waals surface area contributed by atoms with Gasteiger partial charge in [0.1, 0.15) is 5.75 Å². The van der Waals surface area contributed by atoms with E-state index in [-0.39, 0.29) is 17.7 Å². The summed E-state index contributed by atoms with van der Waals surface area (Å²) in [6.45, 7) is 0. The van der Waals surface area contributed by atoms with Gasteiger partial charge in [-0.05, 0) is 35.4 Å². The molecule has 0 aromatic heterocycles. The van der Waals surface area contributed by atoms with Crippen LogP contribution in [0.3, 0.4) is 0 Å². The molecular weight excluding hydrogens is 303 g/mol. The van der Waals surface area contributed by atoms with Crippen LogP contribution in [0.4, 0.5) is 13.2 Å². The summed E-state index contributed by atoms with van der Waals surface area (Å²) in [4.78, 5) is 0. The Labute approximate surface area is 124 Å². The highest BCUT2D eigenvalue weighted by Crippen LogP contribution is 2.35. The predicted molar refractivity (Wildman–Crippen MR) is 72.9 cm³/mol. The van der Waals surface area contributed by atoms with E-state index in [9.17, 15) is 13.2 Å². The summed E-state index contributed by atoms with van der Waals surface area (Å²) in [6, 6.07) is 12.5. The fraction of sp³-hybridized carbons (Fsp3) is 0.133. The smallest absolute Gasteiger partial charge is 0.405 e. The molecule has 0 fully saturated rings. The van der Waals surface area contributed by atoms with Crippen molar-refractivity contribution in [2.75, 3.05) is 0 Å². The minimum Gasteiger partial charge on any atom is -0.405 e. The first-order valence-electron chi connectivity index (χ1n) is 5.90. The van der Waals surface area contributed by atoms with E-state index in [2.05, 4.69) is 4.74 Å². The van der Waals surface area contributed by atoms with Crippen molar-refractivity contribution < 1.29 is 17.9 Å². The highest BCUT2D eigenvalue weighted by molar-refractivity contribution is 6.31. The third-order valence-corrected chi connectivity index (χ3v) is 2.88. The van der Waals surface area contributed by atoms with Crippen molar-refractivity contribution in [1.29, 1.82) is 5.26 Å². The van der Waals surface area contributed by atoms with Crippen LogP contribution in [0.1, 0.15) is 5.56 Å². The Morgan fingerprint density at radius 3 is 2.52 bits per heavy atom. The average molecular weight is 312 g/mol. The van der Waals surface area contributed by atoms with Crippen LogP contribution in [0.15, 0.2) is 42.5 Å². The fourth-order valence-corrected chi connectivity index (χ4v) is 2.18. The predicted octanol–water partition coefficient (Wildman–Crippen LogP) is 4.97. The third-order valence-electron chi connectivity index (χ3n) is 2.66. The number of nitriles is 1. The van der Waals surface area contributed by atoms with Gasteiger partial charge in [0.25, 0.3) is 0 Å². The summed E-state index contributed by atoms with van der Waals surface area (Å²) in [5.74, 6) is -0.310. The first-order chi connectivity index (χ1) is 9.89. The molecule has 0 amide bonds. The lowest BCUT2D eigenvalue weighted by atomic mass is 10.0. The van der Waals surface area contributed by atoms with E-state index >= 15 is 0 Å². The first kappa shape index (κ1) is 15.2. The van der Waals surface area contributed by atoms with Gasteiger partial charge in [0.2, 0.25) is 0 Å². The number of rotatable bonds is 3. The number of hydrogen-bond donors (Lipinski definition) is 0. The van der Waals surface area contributed by atoms with Gasteiger partial charge in [-0.25, -0.2) is 0 Å². The van der Waals surface area contributed by atoms with Gasteiger partial charge in [-0.3, -0.25) is 0 Å². The molecule has 0 aliphatic rings. The Balaban J connectivity index is 2.49. The molecule has 0 heterocycles. The number of para-hydroxylation sites is 1. The summed E-state index contributed by atoms with van der Waals surface area (Å²) in [5.41, 5.74) is 1.35. The number of ether oxygens (including phenoxy) is 1. The second-order valence-electron chi connectivity index (χ2n) is 4.23. The molecule has 0 radical (unpaired) electrons. The lowest BCUT2D eigenvalue weighted by Gasteiger charge is -2.14. The zero-order chi connectivity index (χ0) is 15.5. The van der Waals surface area contributed by atoms with Crippen molar-refractivity contribution in [1.82, 2.24) is 0 Å². The standard InChI is InChI=1S/C15H9ClF3NO/c16-12-8-10(5-6-20)7-11(9-12)13-3-1-2-4-14(13)21-15(17,18)19/h1-4,7-9H,5H2. The highest BCUT2D eigenvalue weighted by Gasteiger charge is 2.32. The van der Waals surface area contributed by atoms with Crippen molar-refractivity contribution in [3.05, 3.63) is 53.1 Å². The molecule has 0 aliphatic heterocycles.